The van der Waals surface area contributed by atoms with Crippen molar-refractivity contribution in [2.45, 2.75) is 111 Å². The van der Waals surface area contributed by atoms with Crippen LogP contribution < -0.4 is 10.4 Å². The number of allylic oxidation sites excluding steroid dienone is 1. The molecule has 0 fully saturated rings. The molecule has 0 radical (unpaired) electrons. The van der Waals surface area contributed by atoms with Gasteiger partial charge in [0.25, 0.3) is 0 Å². The predicted molar refractivity (Wildman–Crippen MR) is 199 cm³/mol. The molecule has 3 aliphatic rings. The maximum absolute atomic E-state index is 13.5. The number of aliphatic hydroxyl groups excluding tert-OH is 2. The fourth-order valence-electron chi connectivity index (χ4n) is 8.13. The standard InChI is InChI=1S/C41H50N4O6/c1-10-19(3)14-15-51-33(47)13-12-26-21(5)28-16-29-22(6)34(24(8)46)32(43-29)18-27-20(4)25(11-2)31(42-27)17-30-23(7)35-39(45-30)36(38(26)44-28)37(40(35)48)41(49)50-9/h14,16-18,20-21,25-26,37,43,45-46,48H,10-13,15H2,1-9H3/b19-14+,28-16?,31-17?,32-18?,34-24?/t20-,21+,25-,26+,37-/m1/s1. The van der Waals surface area contributed by atoms with Crippen molar-refractivity contribution >= 4 is 45.5 Å². The van der Waals surface area contributed by atoms with Gasteiger partial charge in [-0.25, -0.2) is 0 Å². The molecule has 10 nitrogen and oxygen atoms in total. The summed E-state index contributed by atoms with van der Waals surface area (Å²) >= 11 is 0. The number of ether oxygens (including phenoxy) is 2. The predicted octanol–water partition coefficient (Wildman–Crippen LogP) is 7.42. The number of hydrogen-bond acceptors (Lipinski definition) is 8. The molecule has 270 valence electrons. The molecule has 10 heteroatoms. The van der Waals surface area contributed by atoms with Gasteiger partial charge in [0.1, 0.15) is 18.3 Å². The second kappa shape index (κ2) is 14.0. The highest BCUT2D eigenvalue weighted by molar-refractivity contribution is 5.96. The average molecular weight is 695 g/mol. The van der Waals surface area contributed by atoms with Gasteiger partial charge in [0.15, 0.2) is 0 Å². The van der Waals surface area contributed by atoms with E-state index in [2.05, 4.69) is 37.7 Å². The Bertz CT molecular complexity index is 2240. The molecule has 0 saturated heterocycles. The molecule has 3 aromatic heterocycles. The monoisotopic (exact) mass is 694 g/mol. The van der Waals surface area contributed by atoms with E-state index in [0.717, 1.165) is 68.4 Å². The second-order valence-corrected chi connectivity index (χ2v) is 14.3. The Labute approximate surface area is 298 Å². The number of fused-ring (bicyclic) bond motifs is 8. The van der Waals surface area contributed by atoms with Crippen molar-refractivity contribution in [3.8, 4) is 0 Å². The molecule has 8 bridgehead atoms. The van der Waals surface area contributed by atoms with Crippen LogP contribution >= 0.6 is 0 Å². The summed E-state index contributed by atoms with van der Waals surface area (Å²) in [6.45, 7) is 16.3. The summed E-state index contributed by atoms with van der Waals surface area (Å²) in [5, 5.41) is 24.0. The van der Waals surface area contributed by atoms with Crippen LogP contribution in [0.1, 0.15) is 136 Å². The topological polar surface area (TPSA) is 150 Å². The SMILES string of the molecule is CC/C(C)=C/COC(=O)CC[C@@H]1c2nc(cc3[nH]c(cc4nc(cc5[nH]c6c2[C@@H](C(=O)OC)C(O)=c6c5C)[C@H](CC)[C@H]4C)c(=C(C)O)c3C)[C@H]1C. The molecule has 0 unspecified atom stereocenters. The van der Waals surface area contributed by atoms with Crippen LogP contribution in [0.2, 0.25) is 0 Å². The van der Waals surface area contributed by atoms with Crippen LogP contribution in [0.3, 0.4) is 0 Å². The molecular weight excluding hydrogens is 644 g/mol. The van der Waals surface area contributed by atoms with E-state index in [9.17, 15) is 19.8 Å². The van der Waals surface area contributed by atoms with Gasteiger partial charge in [-0.05, 0) is 82.4 Å². The number of methoxy groups -OCH3 is 1. The number of aromatic nitrogens is 4. The highest BCUT2D eigenvalue weighted by Crippen LogP contribution is 2.46. The number of H-pyrrole nitrogens is 2. The summed E-state index contributed by atoms with van der Waals surface area (Å²) in [5.41, 5.74) is 9.57. The van der Waals surface area contributed by atoms with Gasteiger partial charge in [0.2, 0.25) is 0 Å². The summed E-state index contributed by atoms with van der Waals surface area (Å²) in [5.74, 6) is -2.02. The Balaban J connectivity index is 1.67. The molecule has 4 N–H and O–H groups in total. The normalized spacial score (nSPS) is 21.9. The quantitative estimate of drug-likeness (QED) is 0.141. The fourth-order valence-corrected chi connectivity index (χ4v) is 8.13. The minimum atomic E-state index is -1.08. The maximum atomic E-state index is 13.5. The van der Waals surface area contributed by atoms with Crippen molar-refractivity contribution in [2.24, 2.45) is 0 Å². The summed E-state index contributed by atoms with van der Waals surface area (Å²) in [4.78, 5) is 43.9. The fraction of sp³-hybridized carbons (Fsp3) is 0.463. The van der Waals surface area contributed by atoms with E-state index in [1.165, 1.54) is 7.11 Å². The average Bonchev–Trinajstić information content (AvgIpc) is 3.84. The zero-order chi connectivity index (χ0) is 36.9. The van der Waals surface area contributed by atoms with E-state index in [4.69, 9.17) is 19.4 Å². The summed E-state index contributed by atoms with van der Waals surface area (Å²) in [6.07, 6.45) is 4.25. The molecular formula is C41H50N4O6. The maximum Gasteiger partial charge on any atom is 0.321 e. The van der Waals surface area contributed by atoms with Crippen LogP contribution in [0.25, 0.3) is 33.6 Å². The number of aryl methyl sites for hydroxylation is 2. The van der Waals surface area contributed by atoms with Crippen LogP contribution in [-0.4, -0.2) is 55.8 Å². The highest BCUT2D eigenvalue weighted by atomic mass is 16.5. The van der Waals surface area contributed by atoms with Gasteiger partial charge in [0.05, 0.1) is 29.6 Å². The molecule has 0 aromatic carbocycles. The summed E-state index contributed by atoms with van der Waals surface area (Å²) in [7, 11) is 1.32. The zero-order valence-corrected chi connectivity index (χ0v) is 31.2. The molecule has 5 heterocycles. The number of rotatable bonds is 8. The Morgan fingerprint density at radius 1 is 0.922 bits per heavy atom. The first-order valence-electron chi connectivity index (χ1n) is 18.1. The molecule has 0 spiro atoms. The zero-order valence-electron chi connectivity index (χ0n) is 31.2. The van der Waals surface area contributed by atoms with Gasteiger partial charge in [-0.3, -0.25) is 19.6 Å². The third-order valence-corrected chi connectivity index (χ3v) is 11.4. The Morgan fingerprint density at radius 2 is 1.57 bits per heavy atom. The molecule has 0 saturated carbocycles. The molecule has 2 aliphatic heterocycles. The van der Waals surface area contributed by atoms with Crippen LogP contribution in [0.4, 0.5) is 0 Å². The second-order valence-electron chi connectivity index (χ2n) is 14.3. The number of hydrogen-bond donors (Lipinski definition) is 4. The van der Waals surface area contributed by atoms with Gasteiger partial charge in [-0.2, -0.15) is 0 Å². The van der Waals surface area contributed by atoms with Gasteiger partial charge in [0, 0.05) is 74.2 Å². The van der Waals surface area contributed by atoms with Crippen molar-refractivity contribution in [3.05, 3.63) is 79.8 Å². The van der Waals surface area contributed by atoms with E-state index in [-0.39, 0.29) is 54.2 Å². The van der Waals surface area contributed by atoms with Gasteiger partial charge in [-0.15, -0.1) is 0 Å². The lowest BCUT2D eigenvalue weighted by Crippen LogP contribution is -2.18. The van der Waals surface area contributed by atoms with Gasteiger partial charge >= 0.3 is 11.9 Å². The lowest BCUT2D eigenvalue weighted by molar-refractivity contribution is -0.143. The van der Waals surface area contributed by atoms with Crippen molar-refractivity contribution in [1.82, 2.24) is 19.9 Å². The van der Waals surface area contributed by atoms with E-state index < -0.39 is 11.9 Å². The van der Waals surface area contributed by atoms with Gasteiger partial charge in [-0.1, -0.05) is 33.3 Å². The van der Waals surface area contributed by atoms with Crippen molar-refractivity contribution in [1.29, 1.82) is 0 Å². The summed E-state index contributed by atoms with van der Waals surface area (Å²) in [6, 6.07) is 6.08. The Hall–Kier alpha value is -4.86. The Kier molecular flexibility index (Phi) is 9.90. The first-order chi connectivity index (χ1) is 24.3. The molecule has 51 heavy (non-hydrogen) atoms. The van der Waals surface area contributed by atoms with Crippen molar-refractivity contribution < 1.29 is 29.3 Å². The number of carbonyl (C=O) groups is 2. The first-order valence-corrected chi connectivity index (χ1v) is 18.1. The van der Waals surface area contributed by atoms with E-state index in [1.807, 2.05) is 45.0 Å². The van der Waals surface area contributed by atoms with E-state index in [1.54, 1.807) is 6.92 Å². The minimum Gasteiger partial charge on any atom is -0.512 e. The largest absolute Gasteiger partial charge is 0.512 e. The smallest absolute Gasteiger partial charge is 0.321 e. The third kappa shape index (κ3) is 6.23. The van der Waals surface area contributed by atoms with Gasteiger partial charge < -0.3 is 29.7 Å². The number of nitrogens with zero attached hydrogens (tertiary/aromatic N) is 2. The van der Waals surface area contributed by atoms with Crippen molar-refractivity contribution in [3.63, 3.8) is 0 Å². The Morgan fingerprint density at radius 3 is 2.24 bits per heavy atom. The number of esters is 2. The van der Waals surface area contributed by atoms with Crippen LogP contribution in [0.15, 0.2) is 29.8 Å². The number of carbonyl (C=O) groups excluding carboxylic acids is 2. The van der Waals surface area contributed by atoms with Crippen LogP contribution in [-0.2, 0) is 19.1 Å². The lowest BCUT2D eigenvalue weighted by atomic mass is 9.84. The van der Waals surface area contributed by atoms with Crippen LogP contribution in [0, 0.1) is 13.8 Å². The van der Waals surface area contributed by atoms with E-state index in [0.29, 0.717) is 28.4 Å². The van der Waals surface area contributed by atoms with E-state index >= 15 is 0 Å². The minimum absolute atomic E-state index is 0.0804. The van der Waals surface area contributed by atoms with Crippen LogP contribution in [0.5, 0.6) is 0 Å². The molecule has 1 aliphatic carbocycles. The lowest BCUT2D eigenvalue weighted by Gasteiger charge is -2.19. The molecule has 0 amide bonds. The summed E-state index contributed by atoms with van der Waals surface area (Å²) < 4.78 is 10.8. The van der Waals surface area contributed by atoms with Crippen molar-refractivity contribution in [2.75, 3.05) is 13.7 Å². The molecule has 3 aromatic rings. The third-order valence-electron chi connectivity index (χ3n) is 11.4. The molecule has 6 rings (SSSR count). The number of aromatic amines is 2. The number of nitrogens with one attached hydrogen (secondary N) is 2. The first kappa shape index (κ1) is 35.9. The number of aliphatic hydroxyl groups is 2. The highest BCUT2D eigenvalue weighted by Gasteiger charge is 2.41. The molecule has 5 atom stereocenters.